The van der Waals surface area contributed by atoms with Crippen LogP contribution in [-0.2, 0) is 4.79 Å². The van der Waals surface area contributed by atoms with Crippen LogP contribution in [-0.4, -0.2) is 42.5 Å². The monoisotopic (exact) mass is 391 g/mol. The highest BCUT2D eigenvalue weighted by molar-refractivity contribution is 5.76. The van der Waals surface area contributed by atoms with E-state index >= 15 is 0 Å². The van der Waals surface area contributed by atoms with Gasteiger partial charge in [0.2, 0.25) is 5.91 Å². The van der Waals surface area contributed by atoms with Crippen LogP contribution in [0.5, 0.6) is 0 Å². The molecule has 1 aromatic carbocycles. The molecule has 1 aromatic rings. The number of nitrogens with zero attached hydrogens (tertiary/aromatic N) is 1. The van der Waals surface area contributed by atoms with Crippen molar-refractivity contribution in [1.82, 2.24) is 16.0 Å². The number of rotatable bonds is 10. The van der Waals surface area contributed by atoms with Crippen molar-refractivity contribution in [3.8, 4) is 0 Å². The largest absolute Gasteiger partial charge is 0.383 e. The number of nitro benzene ring substituents is 1. The number of anilines is 1. The molecular weight excluding hydrogens is 362 g/mol. The first-order valence-corrected chi connectivity index (χ1v) is 9.84. The van der Waals surface area contributed by atoms with Crippen LogP contribution in [0.4, 0.5) is 16.2 Å². The van der Waals surface area contributed by atoms with E-state index in [-0.39, 0.29) is 23.7 Å². The summed E-state index contributed by atoms with van der Waals surface area (Å²) in [5.74, 6) is -0.0695. The average molecular weight is 391 g/mol. The summed E-state index contributed by atoms with van der Waals surface area (Å²) in [5.41, 5.74) is 0.799. The minimum absolute atomic E-state index is 0.0416. The highest BCUT2D eigenvalue weighted by Crippen LogP contribution is 2.17. The van der Waals surface area contributed by atoms with Gasteiger partial charge in [0.1, 0.15) is 0 Å². The zero-order valence-electron chi connectivity index (χ0n) is 16.0. The Morgan fingerprint density at radius 3 is 2.39 bits per heavy atom. The summed E-state index contributed by atoms with van der Waals surface area (Å²) in [6.07, 6.45) is 6.61. The normalized spacial score (nSPS) is 14.1. The second-order valence-electron chi connectivity index (χ2n) is 6.92. The lowest BCUT2D eigenvalue weighted by Crippen LogP contribution is -2.43. The van der Waals surface area contributed by atoms with Gasteiger partial charge in [0, 0.05) is 49.9 Å². The van der Waals surface area contributed by atoms with Crippen LogP contribution in [0, 0.1) is 10.1 Å². The van der Waals surface area contributed by atoms with E-state index in [1.165, 1.54) is 31.4 Å². The third kappa shape index (κ3) is 8.24. The highest BCUT2D eigenvalue weighted by Gasteiger charge is 2.15. The fourth-order valence-corrected chi connectivity index (χ4v) is 3.13. The molecule has 0 aliphatic heterocycles. The number of hydrogen-bond acceptors (Lipinski definition) is 5. The van der Waals surface area contributed by atoms with E-state index in [4.69, 9.17) is 0 Å². The molecule has 3 amide bonds. The van der Waals surface area contributed by atoms with Crippen LogP contribution in [0.1, 0.15) is 44.9 Å². The van der Waals surface area contributed by atoms with Crippen molar-refractivity contribution in [2.75, 3.05) is 25.0 Å². The van der Waals surface area contributed by atoms with Crippen LogP contribution < -0.4 is 21.3 Å². The zero-order valence-corrected chi connectivity index (χ0v) is 16.0. The Morgan fingerprint density at radius 2 is 1.71 bits per heavy atom. The van der Waals surface area contributed by atoms with Crippen LogP contribution in [0.15, 0.2) is 24.3 Å². The number of non-ortho nitro benzene ring substituents is 1. The lowest BCUT2D eigenvalue weighted by Gasteiger charge is -2.22. The molecule has 0 atom stereocenters. The molecule has 1 aliphatic carbocycles. The van der Waals surface area contributed by atoms with Gasteiger partial charge in [-0.25, -0.2) is 4.79 Å². The Morgan fingerprint density at radius 1 is 1.00 bits per heavy atom. The summed E-state index contributed by atoms with van der Waals surface area (Å²) >= 11 is 0. The molecule has 9 nitrogen and oxygen atoms in total. The second-order valence-corrected chi connectivity index (χ2v) is 6.92. The maximum absolute atomic E-state index is 11.8. The molecule has 0 heterocycles. The fourth-order valence-electron chi connectivity index (χ4n) is 3.13. The first-order chi connectivity index (χ1) is 13.5. The number of carbonyl (C=O) groups excluding carboxylic acids is 2. The number of benzene rings is 1. The summed E-state index contributed by atoms with van der Waals surface area (Å²) in [6.45, 7) is 1.43. The molecule has 1 fully saturated rings. The van der Waals surface area contributed by atoms with Gasteiger partial charge < -0.3 is 21.3 Å². The van der Waals surface area contributed by atoms with E-state index in [1.807, 2.05) is 0 Å². The molecule has 0 aromatic heterocycles. The first-order valence-electron chi connectivity index (χ1n) is 9.84. The number of nitrogens with one attached hydrogen (secondary N) is 4. The van der Waals surface area contributed by atoms with Crippen molar-refractivity contribution in [2.45, 2.75) is 51.0 Å². The Kier molecular flexibility index (Phi) is 9.03. The number of carbonyl (C=O) groups is 2. The number of nitro groups is 1. The van der Waals surface area contributed by atoms with Crippen molar-refractivity contribution in [2.24, 2.45) is 0 Å². The van der Waals surface area contributed by atoms with Gasteiger partial charge in [-0.05, 0) is 31.4 Å². The number of amides is 3. The molecular formula is C19H29N5O4. The summed E-state index contributed by atoms with van der Waals surface area (Å²) in [4.78, 5) is 33.7. The Labute approximate surface area is 164 Å². The lowest BCUT2D eigenvalue weighted by molar-refractivity contribution is -0.384. The van der Waals surface area contributed by atoms with Crippen molar-refractivity contribution in [3.63, 3.8) is 0 Å². The van der Waals surface area contributed by atoms with Crippen molar-refractivity contribution < 1.29 is 14.5 Å². The molecule has 9 heteroatoms. The number of hydrogen-bond donors (Lipinski definition) is 4. The fraction of sp³-hybridized carbons (Fsp3) is 0.579. The summed E-state index contributed by atoms with van der Waals surface area (Å²) in [7, 11) is 0. The number of urea groups is 1. The molecule has 0 bridgehead atoms. The minimum Gasteiger partial charge on any atom is -0.383 e. The van der Waals surface area contributed by atoms with Gasteiger partial charge in [0.25, 0.3) is 5.69 Å². The van der Waals surface area contributed by atoms with Gasteiger partial charge in [-0.3, -0.25) is 14.9 Å². The lowest BCUT2D eigenvalue weighted by atomic mass is 9.96. The Hall–Kier alpha value is -2.84. The second kappa shape index (κ2) is 11.8. The van der Waals surface area contributed by atoms with Gasteiger partial charge >= 0.3 is 6.03 Å². The molecule has 4 N–H and O–H groups in total. The maximum atomic E-state index is 11.8. The Balaban J connectivity index is 1.48. The van der Waals surface area contributed by atoms with E-state index in [0.717, 1.165) is 18.5 Å². The van der Waals surface area contributed by atoms with E-state index in [2.05, 4.69) is 21.3 Å². The quantitative estimate of drug-likeness (QED) is 0.277. The van der Waals surface area contributed by atoms with Gasteiger partial charge in [-0.1, -0.05) is 19.3 Å². The molecule has 0 spiro atoms. The minimum atomic E-state index is -0.446. The van der Waals surface area contributed by atoms with Gasteiger partial charge in [-0.15, -0.1) is 0 Å². The maximum Gasteiger partial charge on any atom is 0.315 e. The van der Waals surface area contributed by atoms with E-state index in [1.54, 1.807) is 12.1 Å². The van der Waals surface area contributed by atoms with Gasteiger partial charge in [0.15, 0.2) is 0 Å². The van der Waals surface area contributed by atoms with Crippen LogP contribution in [0.2, 0.25) is 0 Å². The predicted molar refractivity (Wildman–Crippen MR) is 107 cm³/mol. The van der Waals surface area contributed by atoms with Gasteiger partial charge in [0.05, 0.1) is 4.92 Å². The van der Waals surface area contributed by atoms with Crippen molar-refractivity contribution in [1.29, 1.82) is 0 Å². The zero-order chi connectivity index (χ0) is 20.2. The van der Waals surface area contributed by atoms with Gasteiger partial charge in [-0.2, -0.15) is 0 Å². The molecule has 0 radical (unpaired) electrons. The van der Waals surface area contributed by atoms with Crippen molar-refractivity contribution in [3.05, 3.63) is 34.4 Å². The molecule has 0 saturated heterocycles. The van der Waals surface area contributed by atoms with E-state index in [9.17, 15) is 19.7 Å². The summed E-state index contributed by atoms with van der Waals surface area (Å²) in [5, 5.41) is 22.3. The standard InChI is InChI=1S/C19H29N5O4/c25-18(7-4-12-22-19(26)23-16-5-2-1-3-6-16)21-14-13-20-15-8-10-17(11-9-15)24(27)28/h8-11,16,20H,1-7,12-14H2,(H,21,25)(H2,22,23,26). The molecule has 154 valence electrons. The summed E-state index contributed by atoms with van der Waals surface area (Å²) in [6, 6.07) is 6.24. The SMILES string of the molecule is O=C(CCCNC(=O)NC1CCCCC1)NCCNc1ccc([N+](=O)[O-])cc1. The highest BCUT2D eigenvalue weighted by atomic mass is 16.6. The van der Waals surface area contributed by atoms with Crippen LogP contribution in [0.3, 0.4) is 0 Å². The molecule has 1 saturated carbocycles. The topological polar surface area (TPSA) is 125 Å². The predicted octanol–water partition coefficient (Wildman–Crippen LogP) is 2.54. The van der Waals surface area contributed by atoms with E-state index in [0.29, 0.717) is 32.5 Å². The summed E-state index contributed by atoms with van der Waals surface area (Å²) < 4.78 is 0. The van der Waals surface area contributed by atoms with Crippen LogP contribution in [0.25, 0.3) is 0 Å². The average Bonchev–Trinajstić information content (AvgIpc) is 2.70. The first kappa shape index (κ1) is 21.5. The smallest absolute Gasteiger partial charge is 0.315 e. The van der Waals surface area contributed by atoms with Crippen LogP contribution >= 0.6 is 0 Å². The molecule has 0 unspecified atom stereocenters. The Bertz CT molecular complexity index is 644. The van der Waals surface area contributed by atoms with Crippen molar-refractivity contribution >= 4 is 23.3 Å². The van der Waals surface area contributed by atoms with E-state index < -0.39 is 4.92 Å². The molecule has 28 heavy (non-hydrogen) atoms. The molecule has 2 rings (SSSR count). The third-order valence-electron chi connectivity index (χ3n) is 4.66. The molecule has 1 aliphatic rings. The third-order valence-corrected chi connectivity index (χ3v) is 4.66.